The van der Waals surface area contributed by atoms with Gasteiger partial charge in [0.15, 0.2) is 11.5 Å². The zero-order valence-electron chi connectivity index (χ0n) is 30.1. The molecule has 0 spiro atoms. The van der Waals surface area contributed by atoms with Crippen molar-refractivity contribution in [3.8, 4) is 45.3 Å². The second-order valence-electron chi connectivity index (χ2n) is 14.3. The van der Waals surface area contributed by atoms with Crippen LogP contribution in [0.5, 0.6) is 23.0 Å². The van der Waals surface area contributed by atoms with Gasteiger partial charge in [0.25, 0.3) is 0 Å². The van der Waals surface area contributed by atoms with E-state index in [0.717, 1.165) is 60.7 Å². The molecule has 268 valence electrons. The van der Waals surface area contributed by atoms with E-state index in [9.17, 15) is 20.4 Å². The van der Waals surface area contributed by atoms with Crippen molar-refractivity contribution >= 4 is 38.6 Å². The van der Waals surface area contributed by atoms with E-state index in [-0.39, 0.29) is 5.69 Å². The first-order chi connectivity index (χ1) is 27.4. The van der Waals surface area contributed by atoms with Gasteiger partial charge in [-0.05, 0) is 96.4 Å². The number of benzene rings is 9. The van der Waals surface area contributed by atoms with Gasteiger partial charge in [-0.3, -0.25) is 0 Å². The van der Waals surface area contributed by atoms with E-state index in [0.29, 0.717) is 11.4 Å². The maximum absolute atomic E-state index is 11.6. The number of phenols is 4. The van der Waals surface area contributed by atoms with Crippen LogP contribution in [-0.4, -0.2) is 20.4 Å². The van der Waals surface area contributed by atoms with Crippen molar-refractivity contribution in [2.24, 2.45) is 0 Å². The summed E-state index contributed by atoms with van der Waals surface area (Å²) in [6.07, 6.45) is 0. The first-order valence-corrected chi connectivity index (χ1v) is 18.6. The molecule has 0 aliphatic heterocycles. The minimum atomic E-state index is -0.807. The lowest BCUT2D eigenvalue weighted by molar-refractivity contribution is 0.346. The summed E-state index contributed by atoms with van der Waals surface area (Å²) >= 11 is 0. The molecule has 0 atom stereocenters. The summed E-state index contributed by atoms with van der Waals surface area (Å²) in [5.74, 6) is -2.73. The van der Waals surface area contributed by atoms with Gasteiger partial charge in [-0.25, -0.2) is 0 Å². The molecule has 0 saturated heterocycles. The fourth-order valence-corrected chi connectivity index (χ4v) is 8.90. The van der Waals surface area contributed by atoms with Gasteiger partial charge in [0.05, 0.1) is 11.1 Å². The number of phenolic OH excluding ortho intramolecular Hbond substituents is 4. The van der Waals surface area contributed by atoms with Gasteiger partial charge in [-0.2, -0.15) is 0 Å². The van der Waals surface area contributed by atoms with Crippen molar-refractivity contribution in [1.29, 1.82) is 0 Å². The van der Waals surface area contributed by atoms with Crippen molar-refractivity contribution in [3.63, 3.8) is 0 Å². The van der Waals surface area contributed by atoms with E-state index < -0.39 is 28.4 Å². The first-order valence-electron chi connectivity index (χ1n) is 18.6. The number of anilines is 3. The molecule has 0 aromatic heterocycles. The number of hydrogen-bond donors (Lipinski definition) is 4. The van der Waals surface area contributed by atoms with Gasteiger partial charge in [-0.1, -0.05) is 152 Å². The predicted octanol–water partition coefficient (Wildman–Crippen LogP) is 12.3. The second kappa shape index (κ2) is 12.8. The molecular formula is C51H35NO4. The first kappa shape index (κ1) is 33.1. The Kier molecular flexibility index (Phi) is 7.58. The molecule has 1 aliphatic carbocycles. The third-order valence-corrected chi connectivity index (χ3v) is 11.3. The van der Waals surface area contributed by atoms with Gasteiger partial charge < -0.3 is 25.3 Å². The fourth-order valence-electron chi connectivity index (χ4n) is 8.90. The molecule has 0 saturated carbocycles. The van der Waals surface area contributed by atoms with E-state index in [1.165, 1.54) is 11.5 Å². The van der Waals surface area contributed by atoms with Crippen molar-refractivity contribution in [2.45, 2.75) is 5.41 Å². The van der Waals surface area contributed by atoms with Crippen LogP contribution in [0.4, 0.5) is 17.1 Å². The van der Waals surface area contributed by atoms with Gasteiger partial charge in [0.1, 0.15) is 0 Å². The van der Waals surface area contributed by atoms with Gasteiger partial charge >= 0.3 is 0 Å². The molecule has 9 aromatic carbocycles. The van der Waals surface area contributed by atoms with E-state index >= 15 is 0 Å². The highest BCUT2D eigenvalue weighted by Gasteiger charge is 2.46. The molecule has 0 unspecified atom stereocenters. The smallest absolute Gasteiger partial charge is 0.206 e. The predicted molar refractivity (Wildman–Crippen MR) is 226 cm³/mol. The Labute approximate surface area is 323 Å². The molecule has 1 aliphatic rings. The van der Waals surface area contributed by atoms with E-state index in [1.54, 1.807) is 0 Å². The molecule has 0 heterocycles. The topological polar surface area (TPSA) is 84.2 Å². The lowest BCUT2D eigenvalue weighted by atomic mass is 9.67. The van der Waals surface area contributed by atoms with Crippen LogP contribution >= 0.6 is 0 Å². The average molecular weight is 726 g/mol. The standard InChI is InChI=1S/C51H35NO4/c53-47-31-46(48(54)50(56)49(47)55)52(36-20-13-15-32(28-36)43-29-33-14-7-8-21-38(33)39-22-9-10-23-40(39)43)37-26-27-42-41-24-11-12-25-44(41)51(45(42)30-37,34-16-3-1-4-17-34)35-18-5-2-6-19-35/h1-31,53-56H. The summed E-state index contributed by atoms with van der Waals surface area (Å²) in [5.41, 5.74) is 9.34. The van der Waals surface area contributed by atoms with E-state index in [2.05, 4.69) is 140 Å². The van der Waals surface area contributed by atoms with Crippen LogP contribution in [0.1, 0.15) is 22.3 Å². The number of aromatic hydroxyl groups is 4. The highest BCUT2D eigenvalue weighted by Crippen LogP contribution is 2.58. The Morgan fingerprint density at radius 3 is 1.73 bits per heavy atom. The van der Waals surface area contributed by atoms with E-state index in [4.69, 9.17) is 0 Å². The molecule has 9 aromatic rings. The van der Waals surface area contributed by atoms with Crippen LogP contribution in [0.2, 0.25) is 0 Å². The third kappa shape index (κ3) is 4.88. The Balaban J connectivity index is 1.25. The normalized spacial score (nSPS) is 12.7. The SMILES string of the molecule is Oc1cc(N(c2cccc(-c3cc4ccccc4c4ccccc34)c2)c2ccc3c(c2)C(c2ccccc2)(c2ccccc2)c2ccccc2-3)c(O)c(O)c1O. The molecule has 0 amide bonds. The number of fused-ring (bicyclic) bond motifs is 6. The monoisotopic (exact) mass is 725 g/mol. The summed E-state index contributed by atoms with van der Waals surface area (Å²) in [6, 6.07) is 64.1. The van der Waals surface area contributed by atoms with Gasteiger partial charge in [0, 0.05) is 17.4 Å². The fraction of sp³-hybridized carbons (Fsp3) is 0.0196. The quantitative estimate of drug-likeness (QED) is 0.0779. The van der Waals surface area contributed by atoms with Crippen LogP contribution < -0.4 is 4.90 Å². The largest absolute Gasteiger partial charge is 0.504 e. The number of nitrogens with zero attached hydrogens (tertiary/aromatic N) is 1. The van der Waals surface area contributed by atoms with Crippen molar-refractivity contribution < 1.29 is 20.4 Å². The molecule has 56 heavy (non-hydrogen) atoms. The summed E-state index contributed by atoms with van der Waals surface area (Å²) in [4.78, 5) is 1.82. The van der Waals surface area contributed by atoms with Crippen molar-refractivity contribution in [3.05, 3.63) is 210 Å². The summed E-state index contributed by atoms with van der Waals surface area (Å²) in [5, 5.41) is 48.4. The van der Waals surface area contributed by atoms with E-state index in [1.807, 2.05) is 47.4 Å². The lowest BCUT2D eigenvalue weighted by Crippen LogP contribution is -2.28. The van der Waals surface area contributed by atoms with Crippen LogP contribution in [0.3, 0.4) is 0 Å². The minimum absolute atomic E-state index is 0.0961. The Morgan fingerprint density at radius 1 is 0.375 bits per heavy atom. The molecule has 0 radical (unpaired) electrons. The second-order valence-corrected chi connectivity index (χ2v) is 14.3. The Bertz CT molecular complexity index is 2940. The van der Waals surface area contributed by atoms with Crippen molar-refractivity contribution in [1.82, 2.24) is 0 Å². The van der Waals surface area contributed by atoms with Crippen LogP contribution in [0, 0.1) is 0 Å². The van der Waals surface area contributed by atoms with Gasteiger partial charge in [-0.15, -0.1) is 0 Å². The molecule has 4 N–H and O–H groups in total. The Morgan fingerprint density at radius 2 is 0.982 bits per heavy atom. The lowest BCUT2D eigenvalue weighted by Gasteiger charge is -2.35. The van der Waals surface area contributed by atoms with Gasteiger partial charge in [0.2, 0.25) is 11.5 Å². The zero-order valence-corrected chi connectivity index (χ0v) is 30.1. The maximum atomic E-state index is 11.6. The summed E-state index contributed by atoms with van der Waals surface area (Å²) < 4.78 is 0. The highest BCUT2D eigenvalue weighted by molar-refractivity contribution is 6.14. The highest BCUT2D eigenvalue weighted by atomic mass is 16.3. The molecule has 5 nitrogen and oxygen atoms in total. The van der Waals surface area contributed by atoms with Crippen molar-refractivity contribution in [2.75, 3.05) is 4.90 Å². The Hall–Kier alpha value is -7.50. The van der Waals surface area contributed by atoms with Crippen LogP contribution in [0.15, 0.2) is 188 Å². The molecule has 10 rings (SSSR count). The summed E-state index contributed by atoms with van der Waals surface area (Å²) in [6.45, 7) is 0. The maximum Gasteiger partial charge on any atom is 0.206 e. The average Bonchev–Trinajstić information content (AvgIpc) is 3.55. The molecule has 0 fully saturated rings. The number of hydrogen-bond acceptors (Lipinski definition) is 5. The minimum Gasteiger partial charge on any atom is -0.504 e. The number of rotatable bonds is 6. The molecule has 0 bridgehead atoms. The summed E-state index contributed by atoms with van der Waals surface area (Å²) in [7, 11) is 0. The molecule has 5 heteroatoms. The third-order valence-electron chi connectivity index (χ3n) is 11.3. The van der Waals surface area contributed by atoms with Crippen LogP contribution in [0.25, 0.3) is 43.8 Å². The van der Waals surface area contributed by atoms with Crippen LogP contribution in [-0.2, 0) is 5.41 Å². The molecular weight excluding hydrogens is 691 g/mol. The zero-order chi connectivity index (χ0) is 38.0.